The Bertz CT molecular complexity index is 1060. The maximum atomic E-state index is 12.7. The molecule has 0 atom stereocenters. The van der Waals surface area contributed by atoms with Crippen molar-refractivity contribution in [3.8, 4) is 5.75 Å². The van der Waals surface area contributed by atoms with E-state index in [9.17, 15) is 13.2 Å². The minimum absolute atomic E-state index is 0.0336. The van der Waals surface area contributed by atoms with Gasteiger partial charge in [-0.2, -0.15) is 0 Å². The first kappa shape index (κ1) is 22.4. The van der Waals surface area contributed by atoms with Crippen molar-refractivity contribution in [2.24, 2.45) is 0 Å². The maximum absolute atomic E-state index is 12.7. The Kier molecular flexibility index (Phi) is 6.81. The normalized spacial score (nSPS) is 17.4. The molecule has 0 aromatic heterocycles. The average molecular weight is 456 g/mol. The van der Waals surface area contributed by atoms with Gasteiger partial charge in [0.25, 0.3) is 0 Å². The number of sulfonamides is 1. The first-order valence-corrected chi connectivity index (χ1v) is 12.4. The molecule has 8 heteroatoms. The Morgan fingerprint density at radius 3 is 2.38 bits per heavy atom. The lowest BCUT2D eigenvalue weighted by atomic mass is 10.2. The molecule has 2 fully saturated rings. The van der Waals surface area contributed by atoms with Gasteiger partial charge in [-0.3, -0.25) is 4.79 Å². The number of amides is 1. The fourth-order valence-corrected chi connectivity index (χ4v) is 5.01. The summed E-state index contributed by atoms with van der Waals surface area (Å²) in [4.78, 5) is 17.1. The first-order valence-electron chi connectivity index (χ1n) is 10.9. The van der Waals surface area contributed by atoms with E-state index >= 15 is 0 Å². The van der Waals surface area contributed by atoms with E-state index in [1.54, 1.807) is 43.5 Å². The molecule has 4 rings (SSSR count). The summed E-state index contributed by atoms with van der Waals surface area (Å²) in [6.07, 6.45) is 5.99. The van der Waals surface area contributed by atoms with Gasteiger partial charge in [0.1, 0.15) is 5.75 Å². The molecule has 32 heavy (non-hydrogen) atoms. The Hall–Kier alpha value is -2.84. The minimum atomic E-state index is -3.46. The number of hydrogen-bond acceptors (Lipinski definition) is 5. The highest BCUT2D eigenvalue weighted by atomic mass is 32.2. The van der Waals surface area contributed by atoms with Gasteiger partial charge in [0.05, 0.1) is 12.0 Å². The maximum Gasteiger partial charge on any atom is 0.246 e. The molecule has 1 amide bonds. The van der Waals surface area contributed by atoms with Crippen molar-refractivity contribution in [2.75, 3.05) is 38.2 Å². The molecule has 1 heterocycles. The van der Waals surface area contributed by atoms with Gasteiger partial charge >= 0.3 is 0 Å². The molecule has 2 aromatic rings. The van der Waals surface area contributed by atoms with E-state index in [2.05, 4.69) is 9.62 Å². The Balaban J connectivity index is 1.33. The smallest absolute Gasteiger partial charge is 0.246 e. The van der Waals surface area contributed by atoms with Crippen LogP contribution >= 0.6 is 0 Å². The van der Waals surface area contributed by atoms with Gasteiger partial charge in [-0.05, 0) is 67.3 Å². The highest BCUT2D eigenvalue weighted by Gasteiger charge is 2.27. The van der Waals surface area contributed by atoms with E-state index in [4.69, 9.17) is 4.74 Å². The highest BCUT2D eigenvalue weighted by molar-refractivity contribution is 7.89. The summed E-state index contributed by atoms with van der Waals surface area (Å²) >= 11 is 0. The molecule has 0 radical (unpaired) electrons. The van der Waals surface area contributed by atoms with Crippen LogP contribution in [0.15, 0.2) is 59.5 Å². The average Bonchev–Trinajstić information content (AvgIpc) is 3.64. The highest BCUT2D eigenvalue weighted by Crippen LogP contribution is 2.23. The number of benzene rings is 2. The zero-order chi connectivity index (χ0) is 22.6. The van der Waals surface area contributed by atoms with Crippen molar-refractivity contribution < 1.29 is 17.9 Å². The minimum Gasteiger partial charge on any atom is -0.497 e. The molecule has 1 N–H and O–H groups in total. The lowest BCUT2D eigenvalue weighted by Gasteiger charge is -2.23. The van der Waals surface area contributed by atoms with Crippen LogP contribution in [0.2, 0.25) is 0 Å². The standard InChI is InChI=1S/C24H29N3O4S/c1-31-22-10-8-21(9-11-22)26-15-2-16-27(18-17-26)24(28)14-5-19-3-12-23(13-4-19)32(29,30)25-20-6-7-20/h3-5,8-14,20,25H,2,6-7,15-18H2,1H3/b14-5+. The number of anilines is 1. The summed E-state index contributed by atoms with van der Waals surface area (Å²) in [5, 5.41) is 0. The predicted molar refractivity (Wildman–Crippen MR) is 125 cm³/mol. The van der Waals surface area contributed by atoms with E-state index in [-0.39, 0.29) is 16.8 Å². The van der Waals surface area contributed by atoms with Crippen LogP contribution < -0.4 is 14.4 Å². The number of rotatable bonds is 7. The summed E-state index contributed by atoms with van der Waals surface area (Å²) in [7, 11) is -1.81. The predicted octanol–water partition coefficient (Wildman–Crippen LogP) is 2.89. The third kappa shape index (κ3) is 5.69. The largest absolute Gasteiger partial charge is 0.497 e. The molecule has 0 bridgehead atoms. The van der Waals surface area contributed by atoms with E-state index < -0.39 is 10.0 Å². The fourth-order valence-electron chi connectivity index (χ4n) is 3.71. The summed E-state index contributed by atoms with van der Waals surface area (Å²) in [5.74, 6) is 0.795. The van der Waals surface area contributed by atoms with Crippen molar-refractivity contribution in [1.82, 2.24) is 9.62 Å². The zero-order valence-electron chi connectivity index (χ0n) is 18.2. The quantitative estimate of drug-likeness (QED) is 0.650. The number of hydrogen-bond donors (Lipinski definition) is 1. The van der Waals surface area contributed by atoms with Gasteiger partial charge in [-0.25, -0.2) is 13.1 Å². The molecule has 2 aromatic carbocycles. The summed E-state index contributed by atoms with van der Waals surface area (Å²) < 4.78 is 32.4. The lowest BCUT2D eigenvalue weighted by Crippen LogP contribution is -2.34. The summed E-state index contributed by atoms with van der Waals surface area (Å²) in [6, 6.07) is 14.7. The Morgan fingerprint density at radius 1 is 1.00 bits per heavy atom. The first-order chi connectivity index (χ1) is 15.4. The number of nitrogens with one attached hydrogen (secondary N) is 1. The molecule has 1 aliphatic heterocycles. The SMILES string of the molecule is COc1ccc(N2CCCN(C(=O)/C=C/c3ccc(S(=O)(=O)NC4CC4)cc3)CC2)cc1. The van der Waals surface area contributed by atoms with Gasteiger partial charge in [0.2, 0.25) is 15.9 Å². The van der Waals surface area contributed by atoms with Gasteiger partial charge < -0.3 is 14.5 Å². The van der Waals surface area contributed by atoms with Crippen LogP contribution in [0, 0.1) is 0 Å². The number of ether oxygens (including phenoxy) is 1. The molecular weight excluding hydrogens is 426 g/mol. The van der Waals surface area contributed by atoms with E-state index in [1.807, 2.05) is 29.2 Å². The molecule has 2 aliphatic rings. The molecule has 1 saturated heterocycles. The topological polar surface area (TPSA) is 79.0 Å². The molecule has 1 aliphatic carbocycles. The number of carbonyl (C=O) groups excluding carboxylic acids is 1. The van der Waals surface area contributed by atoms with E-state index in [0.717, 1.165) is 49.4 Å². The molecular formula is C24H29N3O4S. The fraction of sp³-hybridized carbons (Fsp3) is 0.375. The third-order valence-corrected chi connectivity index (χ3v) is 7.29. The molecule has 7 nitrogen and oxygen atoms in total. The second-order valence-electron chi connectivity index (χ2n) is 8.16. The number of carbonyl (C=O) groups is 1. The molecule has 0 unspecified atom stereocenters. The van der Waals surface area contributed by atoms with Crippen LogP contribution in [-0.4, -0.2) is 58.6 Å². The van der Waals surface area contributed by atoms with Crippen LogP contribution in [-0.2, 0) is 14.8 Å². The molecule has 0 spiro atoms. The Morgan fingerprint density at radius 2 is 1.72 bits per heavy atom. The monoisotopic (exact) mass is 455 g/mol. The van der Waals surface area contributed by atoms with Crippen molar-refractivity contribution >= 4 is 27.7 Å². The van der Waals surface area contributed by atoms with E-state index in [0.29, 0.717) is 13.1 Å². The van der Waals surface area contributed by atoms with E-state index in [1.165, 1.54) is 0 Å². The van der Waals surface area contributed by atoms with Gasteiger partial charge in [0.15, 0.2) is 0 Å². The third-order valence-electron chi connectivity index (χ3n) is 5.75. The van der Waals surface area contributed by atoms with Crippen molar-refractivity contribution in [3.63, 3.8) is 0 Å². The second-order valence-corrected chi connectivity index (χ2v) is 9.88. The molecule has 1 saturated carbocycles. The zero-order valence-corrected chi connectivity index (χ0v) is 19.1. The van der Waals surface area contributed by atoms with Crippen molar-refractivity contribution in [1.29, 1.82) is 0 Å². The van der Waals surface area contributed by atoms with Gasteiger partial charge in [-0.15, -0.1) is 0 Å². The van der Waals surface area contributed by atoms with Crippen LogP contribution in [0.4, 0.5) is 5.69 Å². The van der Waals surface area contributed by atoms with Gasteiger partial charge in [0, 0.05) is 44.0 Å². The number of nitrogens with zero attached hydrogens (tertiary/aromatic N) is 2. The van der Waals surface area contributed by atoms with Crippen LogP contribution in [0.5, 0.6) is 5.75 Å². The number of methoxy groups -OCH3 is 1. The second kappa shape index (κ2) is 9.75. The van der Waals surface area contributed by atoms with Crippen molar-refractivity contribution in [3.05, 3.63) is 60.2 Å². The van der Waals surface area contributed by atoms with Crippen LogP contribution in [0.25, 0.3) is 6.08 Å². The summed E-state index contributed by atoms with van der Waals surface area (Å²) in [5.41, 5.74) is 1.92. The van der Waals surface area contributed by atoms with Crippen molar-refractivity contribution in [2.45, 2.75) is 30.2 Å². The Labute approximate surface area is 189 Å². The van der Waals surface area contributed by atoms with Crippen LogP contribution in [0.3, 0.4) is 0 Å². The lowest BCUT2D eigenvalue weighted by molar-refractivity contribution is -0.125. The summed E-state index contributed by atoms with van der Waals surface area (Å²) in [6.45, 7) is 3.02. The van der Waals surface area contributed by atoms with Gasteiger partial charge in [-0.1, -0.05) is 12.1 Å². The van der Waals surface area contributed by atoms with Crippen LogP contribution in [0.1, 0.15) is 24.8 Å². The molecule has 170 valence electrons.